The molecule has 0 radical (unpaired) electrons. The molecule has 1 heterocycles. The number of aliphatic carboxylic acids is 1. The minimum absolute atomic E-state index is 0.153. The number of aliphatic hydroxyl groups is 1. The molecule has 1 rings (SSSR count). The van der Waals surface area contributed by atoms with Gasteiger partial charge in [-0.15, -0.1) is 0 Å². The van der Waals surface area contributed by atoms with E-state index >= 15 is 0 Å². The van der Waals surface area contributed by atoms with Gasteiger partial charge < -0.3 is 15.1 Å². The molecular formula is C8H10F3NO4. The molecule has 0 aromatic carbocycles. The van der Waals surface area contributed by atoms with Crippen molar-refractivity contribution in [2.75, 3.05) is 6.54 Å². The van der Waals surface area contributed by atoms with Crippen molar-refractivity contribution in [1.82, 2.24) is 4.90 Å². The number of β-amino-alcohol motifs (C(OH)–C–C–N with tert-alkyl or cyclic N) is 1. The number of hydrogen-bond acceptors (Lipinski definition) is 3. The summed E-state index contributed by atoms with van der Waals surface area (Å²) >= 11 is 0. The highest BCUT2D eigenvalue weighted by Gasteiger charge is 2.56. The van der Waals surface area contributed by atoms with Gasteiger partial charge in [0.05, 0.1) is 6.10 Å². The summed E-state index contributed by atoms with van der Waals surface area (Å²) < 4.78 is 36.5. The van der Waals surface area contributed by atoms with Gasteiger partial charge in [0.1, 0.15) is 5.54 Å². The smallest absolute Gasteiger partial charge is 0.471 e. The fourth-order valence-corrected chi connectivity index (χ4v) is 1.71. The minimum Gasteiger partial charge on any atom is -0.480 e. The Labute approximate surface area is 88.5 Å². The second kappa shape index (κ2) is 3.62. The topological polar surface area (TPSA) is 77.8 Å². The molecule has 1 aliphatic heterocycles. The molecule has 8 heteroatoms. The van der Waals surface area contributed by atoms with Crippen LogP contribution in [-0.2, 0) is 9.59 Å². The Morgan fingerprint density at radius 2 is 1.94 bits per heavy atom. The number of likely N-dealkylation sites (tertiary alicyclic amines) is 1. The van der Waals surface area contributed by atoms with Crippen molar-refractivity contribution in [3.8, 4) is 0 Å². The number of aliphatic hydroxyl groups excluding tert-OH is 1. The van der Waals surface area contributed by atoms with Crippen LogP contribution >= 0.6 is 0 Å². The molecule has 2 N–H and O–H groups in total. The quantitative estimate of drug-likeness (QED) is 0.676. The third-order valence-corrected chi connectivity index (χ3v) is 2.57. The normalized spacial score (nSPS) is 30.6. The highest BCUT2D eigenvalue weighted by atomic mass is 19.4. The first-order valence-corrected chi connectivity index (χ1v) is 4.39. The van der Waals surface area contributed by atoms with E-state index in [2.05, 4.69) is 0 Å². The molecule has 1 aliphatic rings. The van der Waals surface area contributed by atoms with Crippen molar-refractivity contribution in [3.05, 3.63) is 0 Å². The van der Waals surface area contributed by atoms with Crippen molar-refractivity contribution in [3.63, 3.8) is 0 Å². The second-order valence-corrected chi connectivity index (χ2v) is 3.85. The zero-order valence-corrected chi connectivity index (χ0v) is 8.28. The lowest BCUT2D eigenvalue weighted by atomic mass is 9.98. The number of hydrogen-bond donors (Lipinski definition) is 2. The number of carbonyl (C=O) groups is 2. The van der Waals surface area contributed by atoms with E-state index in [4.69, 9.17) is 5.11 Å². The second-order valence-electron chi connectivity index (χ2n) is 3.85. The SMILES string of the molecule is CC1(C(=O)O)CC(O)CN1C(=O)C(F)(F)F. The van der Waals surface area contributed by atoms with Crippen LogP contribution in [0.25, 0.3) is 0 Å². The van der Waals surface area contributed by atoms with Crippen LogP contribution in [0.5, 0.6) is 0 Å². The molecular weight excluding hydrogens is 231 g/mol. The number of carbonyl (C=O) groups excluding carboxylic acids is 1. The van der Waals surface area contributed by atoms with Gasteiger partial charge in [0, 0.05) is 13.0 Å². The highest BCUT2D eigenvalue weighted by Crippen LogP contribution is 2.33. The fourth-order valence-electron chi connectivity index (χ4n) is 1.71. The predicted octanol–water partition coefficient (Wildman–Crippen LogP) is -0.0148. The Morgan fingerprint density at radius 3 is 2.31 bits per heavy atom. The molecule has 2 unspecified atom stereocenters. The van der Waals surface area contributed by atoms with E-state index in [1.165, 1.54) is 0 Å². The van der Waals surface area contributed by atoms with Crippen LogP contribution in [0, 0.1) is 0 Å². The lowest BCUT2D eigenvalue weighted by Gasteiger charge is -2.31. The van der Waals surface area contributed by atoms with E-state index in [1.54, 1.807) is 0 Å². The molecule has 0 saturated carbocycles. The standard InChI is InChI=1S/C8H10F3NO4/c1-7(6(15)16)2-4(13)3-12(7)5(14)8(9,10)11/h4,13H,2-3H2,1H3,(H,15,16). The maximum absolute atomic E-state index is 12.2. The van der Waals surface area contributed by atoms with Crippen molar-refractivity contribution < 1.29 is 33.0 Å². The lowest BCUT2D eigenvalue weighted by Crippen LogP contribution is -2.54. The Hall–Kier alpha value is -1.31. The van der Waals surface area contributed by atoms with E-state index in [-0.39, 0.29) is 4.90 Å². The molecule has 1 fully saturated rings. The number of amides is 1. The van der Waals surface area contributed by atoms with Crippen LogP contribution in [0.2, 0.25) is 0 Å². The van der Waals surface area contributed by atoms with Crippen LogP contribution in [0.4, 0.5) is 13.2 Å². The number of carboxylic acid groups (broad SMARTS) is 1. The number of rotatable bonds is 1. The van der Waals surface area contributed by atoms with Gasteiger partial charge in [-0.25, -0.2) is 4.79 Å². The number of nitrogens with zero attached hydrogens (tertiary/aromatic N) is 1. The number of halogens is 3. The number of carboxylic acids is 1. The Balaban J connectivity index is 3.04. The predicted molar refractivity (Wildman–Crippen MR) is 44.4 cm³/mol. The molecule has 0 bridgehead atoms. The summed E-state index contributed by atoms with van der Waals surface area (Å²) in [5.41, 5.74) is -2.01. The van der Waals surface area contributed by atoms with E-state index in [0.717, 1.165) is 6.92 Å². The van der Waals surface area contributed by atoms with Gasteiger partial charge in [-0.1, -0.05) is 0 Å². The molecule has 0 spiro atoms. The molecule has 0 aromatic rings. The van der Waals surface area contributed by atoms with Gasteiger partial charge in [0.25, 0.3) is 0 Å². The highest BCUT2D eigenvalue weighted by molar-refractivity contribution is 5.90. The summed E-state index contributed by atoms with van der Waals surface area (Å²) in [6.45, 7) is 0.357. The first-order valence-electron chi connectivity index (χ1n) is 4.39. The summed E-state index contributed by atoms with van der Waals surface area (Å²) in [5.74, 6) is -3.81. The van der Waals surface area contributed by atoms with Gasteiger partial charge >= 0.3 is 18.1 Å². The molecule has 0 aromatic heterocycles. The summed E-state index contributed by atoms with van der Waals surface area (Å²) in [6, 6.07) is 0. The zero-order chi connectivity index (χ0) is 12.7. The number of alkyl halides is 3. The Kier molecular flexibility index (Phi) is 2.88. The summed E-state index contributed by atoms with van der Waals surface area (Å²) in [5, 5.41) is 18.0. The van der Waals surface area contributed by atoms with E-state index in [1.807, 2.05) is 0 Å². The van der Waals surface area contributed by atoms with Crippen molar-refractivity contribution in [2.45, 2.75) is 31.2 Å². The molecule has 92 valence electrons. The monoisotopic (exact) mass is 241 g/mol. The lowest BCUT2D eigenvalue weighted by molar-refractivity contribution is -0.192. The van der Waals surface area contributed by atoms with Gasteiger partial charge in [0.15, 0.2) is 0 Å². The average Bonchev–Trinajstić information content (AvgIpc) is 2.40. The minimum atomic E-state index is -5.14. The third-order valence-electron chi connectivity index (χ3n) is 2.57. The van der Waals surface area contributed by atoms with Crippen molar-refractivity contribution in [2.24, 2.45) is 0 Å². The first kappa shape index (κ1) is 12.8. The van der Waals surface area contributed by atoms with Crippen LogP contribution in [0.15, 0.2) is 0 Å². The molecule has 1 amide bonds. The molecule has 1 saturated heterocycles. The third kappa shape index (κ3) is 1.97. The van der Waals surface area contributed by atoms with Gasteiger partial charge in [-0.2, -0.15) is 13.2 Å². The van der Waals surface area contributed by atoms with Crippen LogP contribution in [0.1, 0.15) is 13.3 Å². The maximum Gasteiger partial charge on any atom is 0.471 e. The summed E-state index contributed by atoms with van der Waals surface area (Å²) in [6.07, 6.45) is -6.81. The van der Waals surface area contributed by atoms with Crippen molar-refractivity contribution in [1.29, 1.82) is 0 Å². The molecule has 0 aliphatic carbocycles. The van der Waals surface area contributed by atoms with E-state index < -0.39 is 42.7 Å². The Morgan fingerprint density at radius 1 is 1.44 bits per heavy atom. The molecule has 16 heavy (non-hydrogen) atoms. The van der Waals surface area contributed by atoms with E-state index in [0.29, 0.717) is 0 Å². The van der Waals surface area contributed by atoms with Gasteiger partial charge in [0.2, 0.25) is 0 Å². The van der Waals surface area contributed by atoms with E-state index in [9.17, 15) is 27.9 Å². The Bertz CT molecular complexity index is 330. The first-order chi connectivity index (χ1) is 7.09. The van der Waals surface area contributed by atoms with Crippen LogP contribution in [0.3, 0.4) is 0 Å². The molecule has 2 atom stereocenters. The van der Waals surface area contributed by atoms with Gasteiger partial charge in [-0.3, -0.25) is 4.79 Å². The summed E-state index contributed by atoms with van der Waals surface area (Å²) in [4.78, 5) is 22.0. The van der Waals surface area contributed by atoms with Crippen LogP contribution in [-0.4, -0.2) is 51.4 Å². The zero-order valence-electron chi connectivity index (χ0n) is 8.28. The average molecular weight is 241 g/mol. The maximum atomic E-state index is 12.2. The van der Waals surface area contributed by atoms with Crippen LogP contribution < -0.4 is 0 Å². The van der Waals surface area contributed by atoms with Gasteiger partial charge in [-0.05, 0) is 6.92 Å². The van der Waals surface area contributed by atoms with Crippen molar-refractivity contribution >= 4 is 11.9 Å². The summed E-state index contributed by atoms with van der Waals surface area (Å²) in [7, 11) is 0. The largest absolute Gasteiger partial charge is 0.480 e. The molecule has 5 nitrogen and oxygen atoms in total. The fraction of sp³-hybridized carbons (Fsp3) is 0.750.